The predicted molar refractivity (Wildman–Crippen MR) is 62.6 cm³/mol. The van der Waals surface area contributed by atoms with Crippen LogP contribution in [-0.4, -0.2) is 18.1 Å². The van der Waals surface area contributed by atoms with Crippen molar-refractivity contribution in [3.05, 3.63) is 30.0 Å². The number of hydrogen-bond donors (Lipinski definition) is 0. The summed E-state index contributed by atoms with van der Waals surface area (Å²) < 4.78 is 0. The van der Waals surface area contributed by atoms with Gasteiger partial charge >= 0.3 is 0 Å². The molecular weight excluding hydrogens is 172 g/mol. The number of nitrogens with zero attached hydrogens (tertiary/aromatic N) is 2. The van der Waals surface area contributed by atoms with Crippen molar-refractivity contribution < 1.29 is 0 Å². The van der Waals surface area contributed by atoms with Crippen molar-refractivity contribution in [2.24, 2.45) is 0 Å². The largest absolute Gasteiger partial charge is 0.357 e. The molecule has 0 aliphatic carbocycles. The van der Waals surface area contributed by atoms with E-state index in [4.69, 9.17) is 0 Å². The van der Waals surface area contributed by atoms with Crippen molar-refractivity contribution in [2.45, 2.75) is 20.8 Å². The molecule has 76 valence electrons. The summed E-state index contributed by atoms with van der Waals surface area (Å²) in [5, 5.41) is 0. The molecule has 0 aromatic carbocycles. The molecule has 0 unspecified atom stereocenters. The quantitative estimate of drug-likeness (QED) is 0.725. The zero-order valence-corrected chi connectivity index (χ0v) is 9.25. The molecule has 2 nitrogen and oxygen atoms in total. The van der Waals surface area contributed by atoms with Crippen molar-refractivity contribution in [2.75, 3.05) is 18.0 Å². The van der Waals surface area contributed by atoms with Crippen LogP contribution in [-0.2, 0) is 0 Å². The second-order valence-corrected chi connectivity index (χ2v) is 3.28. The molecule has 0 aliphatic heterocycles. The van der Waals surface area contributed by atoms with Crippen LogP contribution in [0, 0.1) is 6.92 Å². The maximum absolute atomic E-state index is 4.41. The average Bonchev–Trinajstić information content (AvgIpc) is 2.20. The van der Waals surface area contributed by atoms with Crippen LogP contribution in [0.25, 0.3) is 6.08 Å². The van der Waals surface area contributed by atoms with Gasteiger partial charge in [0.25, 0.3) is 0 Å². The molecule has 0 aliphatic rings. The Kier molecular flexibility index (Phi) is 3.69. The number of aromatic nitrogens is 1. The fourth-order valence-corrected chi connectivity index (χ4v) is 1.49. The van der Waals surface area contributed by atoms with E-state index in [1.807, 2.05) is 12.3 Å². The van der Waals surface area contributed by atoms with E-state index in [1.165, 1.54) is 5.56 Å². The van der Waals surface area contributed by atoms with E-state index in [-0.39, 0.29) is 0 Å². The Hall–Kier alpha value is -1.31. The molecule has 1 rings (SSSR count). The lowest BCUT2D eigenvalue weighted by Gasteiger charge is -2.20. The molecule has 0 spiro atoms. The number of anilines is 1. The molecule has 0 amide bonds. The number of hydrogen-bond acceptors (Lipinski definition) is 2. The first-order valence-electron chi connectivity index (χ1n) is 5.07. The van der Waals surface area contributed by atoms with Gasteiger partial charge in [-0.05, 0) is 38.0 Å². The van der Waals surface area contributed by atoms with E-state index < -0.39 is 0 Å². The summed E-state index contributed by atoms with van der Waals surface area (Å²) in [5.74, 6) is 1.05. The summed E-state index contributed by atoms with van der Waals surface area (Å²) in [7, 11) is 0. The molecule has 1 aromatic heterocycles. The molecule has 1 aromatic rings. The Bertz CT molecular complexity index is 314. The van der Waals surface area contributed by atoms with E-state index in [0.717, 1.165) is 24.5 Å². The topological polar surface area (TPSA) is 16.1 Å². The van der Waals surface area contributed by atoms with Crippen LogP contribution in [0.1, 0.15) is 25.0 Å². The van der Waals surface area contributed by atoms with Gasteiger partial charge in [-0.25, -0.2) is 4.98 Å². The minimum atomic E-state index is 0.996. The van der Waals surface area contributed by atoms with Crippen molar-refractivity contribution in [3.63, 3.8) is 0 Å². The molecule has 0 saturated heterocycles. The van der Waals surface area contributed by atoms with Gasteiger partial charge in [-0.3, -0.25) is 0 Å². The molecule has 0 saturated carbocycles. The Balaban J connectivity index is 3.00. The van der Waals surface area contributed by atoms with Gasteiger partial charge in [-0.2, -0.15) is 0 Å². The Morgan fingerprint density at radius 3 is 2.50 bits per heavy atom. The lowest BCUT2D eigenvalue weighted by atomic mass is 10.1. The summed E-state index contributed by atoms with van der Waals surface area (Å²) in [5.41, 5.74) is 2.35. The first-order valence-corrected chi connectivity index (χ1v) is 5.07. The second kappa shape index (κ2) is 4.80. The third-order valence-corrected chi connectivity index (χ3v) is 2.44. The zero-order valence-electron chi connectivity index (χ0n) is 9.25. The van der Waals surface area contributed by atoms with Crippen LogP contribution >= 0.6 is 0 Å². The van der Waals surface area contributed by atoms with E-state index in [9.17, 15) is 0 Å². The smallest absolute Gasteiger partial charge is 0.128 e. The second-order valence-electron chi connectivity index (χ2n) is 3.28. The molecule has 0 N–H and O–H groups in total. The monoisotopic (exact) mass is 190 g/mol. The Morgan fingerprint density at radius 2 is 2.07 bits per heavy atom. The highest BCUT2D eigenvalue weighted by Crippen LogP contribution is 2.16. The standard InChI is InChI=1S/C12H18N2/c1-5-11-9-13-12(8-10(11)4)14(6-2)7-3/h5,8-9H,1,6-7H2,2-4H3. The fraction of sp³-hybridized carbons (Fsp3) is 0.417. The number of rotatable bonds is 4. The Labute approximate surface area is 86.3 Å². The van der Waals surface area contributed by atoms with E-state index in [1.54, 1.807) is 0 Å². The number of aryl methyl sites for hydroxylation is 1. The van der Waals surface area contributed by atoms with Crippen molar-refractivity contribution in [3.8, 4) is 0 Å². The van der Waals surface area contributed by atoms with Gasteiger partial charge in [0, 0.05) is 19.3 Å². The predicted octanol–water partition coefficient (Wildman–Crippen LogP) is 2.88. The molecular formula is C12H18N2. The summed E-state index contributed by atoms with van der Waals surface area (Å²) in [6.07, 6.45) is 3.73. The molecule has 0 atom stereocenters. The highest BCUT2D eigenvalue weighted by atomic mass is 15.2. The third kappa shape index (κ3) is 2.13. The van der Waals surface area contributed by atoms with Gasteiger partial charge in [0.2, 0.25) is 0 Å². The molecule has 0 radical (unpaired) electrons. The normalized spacial score (nSPS) is 9.93. The first-order chi connectivity index (χ1) is 6.72. The van der Waals surface area contributed by atoms with Gasteiger partial charge in [-0.1, -0.05) is 12.7 Å². The van der Waals surface area contributed by atoms with Gasteiger partial charge in [0.05, 0.1) is 0 Å². The highest BCUT2D eigenvalue weighted by Gasteiger charge is 2.04. The van der Waals surface area contributed by atoms with E-state index >= 15 is 0 Å². The fourth-order valence-electron chi connectivity index (χ4n) is 1.49. The van der Waals surface area contributed by atoms with Crippen molar-refractivity contribution in [1.29, 1.82) is 0 Å². The van der Waals surface area contributed by atoms with E-state index in [2.05, 4.69) is 43.3 Å². The van der Waals surface area contributed by atoms with Crippen LogP contribution in [0.15, 0.2) is 18.8 Å². The number of pyridine rings is 1. The molecule has 2 heteroatoms. The maximum Gasteiger partial charge on any atom is 0.128 e. The SMILES string of the molecule is C=Cc1cnc(N(CC)CC)cc1C. The third-order valence-electron chi connectivity index (χ3n) is 2.44. The van der Waals surface area contributed by atoms with Crippen LogP contribution in [0.5, 0.6) is 0 Å². The van der Waals surface area contributed by atoms with Crippen LogP contribution in [0.2, 0.25) is 0 Å². The van der Waals surface area contributed by atoms with Gasteiger partial charge in [0.15, 0.2) is 0 Å². The van der Waals surface area contributed by atoms with Crippen LogP contribution in [0.3, 0.4) is 0 Å². The van der Waals surface area contributed by atoms with Crippen LogP contribution < -0.4 is 4.90 Å². The average molecular weight is 190 g/mol. The van der Waals surface area contributed by atoms with Crippen molar-refractivity contribution >= 4 is 11.9 Å². The molecule has 0 fully saturated rings. The Morgan fingerprint density at radius 1 is 1.43 bits per heavy atom. The molecule has 14 heavy (non-hydrogen) atoms. The molecule has 0 bridgehead atoms. The first kappa shape index (κ1) is 10.8. The summed E-state index contributed by atoms with van der Waals surface area (Å²) >= 11 is 0. The van der Waals surface area contributed by atoms with Crippen LogP contribution in [0.4, 0.5) is 5.82 Å². The minimum Gasteiger partial charge on any atom is -0.357 e. The maximum atomic E-state index is 4.41. The van der Waals surface area contributed by atoms with Crippen molar-refractivity contribution in [1.82, 2.24) is 4.98 Å². The molecule has 1 heterocycles. The lowest BCUT2D eigenvalue weighted by molar-refractivity contribution is 0.845. The summed E-state index contributed by atoms with van der Waals surface area (Å²) in [6.45, 7) is 12.1. The zero-order chi connectivity index (χ0) is 10.6. The lowest BCUT2D eigenvalue weighted by Crippen LogP contribution is -2.22. The minimum absolute atomic E-state index is 0.996. The van der Waals surface area contributed by atoms with Gasteiger partial charge in [-0.15, -0.1) is 0 Å². The highest BCUT2D eigenvalue weighted by molar-refractivity contribution is 5.54. The summed E-state index contributed by atoms with van der Waals surface area (Å²) in [4.78, 5) is 6.64. The van der Waals surface area contributed by atoms with E-state index in [0.29, 0.717) is 0 Å². The van der Waals surface area contributed by atoms with Gasteiger partial charge in [0.1, 0.15) is 5.82 Å². The summed E-state index contributed by atoms with van der Waals surface area (Å²) in [6, 6.07) is 2.12. The van der Waals surface area contributed by atoms with Gasteiger partial charge < -0.3 is 4.90 Å².